The fraction of sp³-hybridized carbons (Fsp3) is 0.125. The maximum atomic E-state index is 11.9. The van der Waals surface area contributed by atoms with Crippen molar-refractivity contribution in [1.82, 2.24) is 4.98 Å². The molecular weight excluding hydrogens is 325 g/mol. The molecule has 0 unspecified atom stereocenters. The normalized spacial score (nSPS) is 10.3. The van der Waals surface area contributed by atoms with E-state index in [1.54, 1.807) is 50.6 Å². The van der Waals surface area contributed by atoms with E-state index in [1.165, 1.54) is 0 Å². The van der Waals surface area contributed by atoms with Crippen LogP contribution in [0.5, 0.6) is 11.5 Å². The van der Waals surface area contributed by atoms with Crippen LogP contribution in [-0.4, -0.2) is 24.4 Å². The van der Waals surface area contributed by atoms with Crippen molar-refractivity contribution in [2.24, 2.45) is 0 Å². The second-order valence-corrected chi connectivity index (χ2v) is 4.87. The molecule has 0 bridgehead atoms. The number of ether oxygens (including phenoxy) is 2. The van der Waals surface area contributed by atoms with Crippen molar-refractivity contribution in [3.8, 4) is 11.5 Å². The highest BCUT2D eigenvalue weighted by Gasteiger charge is 2.15. The van der Waals surface area contributed by atoms with Gasteiger partial charge < -0.3 is 9.47 Å². The van der Waals surface area contributed by atoms with Crippen molar-refractivity contribution in [2.75, 3.05) is 14.2 Å². The minimum atomic E-state index is -0.533. The Kier molecular flexibility index (Phi) is 4.74. The summed E-state index contributed by atoms with van der Waals surface area (Å²) in [6, 6.07) is 10.7. The standard InChI is InChI=1S/C16H12ClNO3.ClH/c1-20-9-3-5-13-11(7-9)15(16(17)19)12-8-10(21-2)4-6-14(12)18-13;/h3-8H,1-2H3;1H. The number of hydrogen-bond donors (Lipinski definition) is 0. The summed E-state index contributed by atoms with van der Waals surface area (Å²) in [4.78, 5) is 16.5. The Morgan fingerprint density at radius 2 is 1.41 bits per heavy atom. The Morgan fingerprint density at radius 3 is 1.77 bits per heavy atom. The number of hydrogen-bond acceptors (Lipinski definition) is 4. The lowest BCUT2D eigenvalue weighted by molar-refractivity contribution is 0.108. The summed E-state index contributed by atoms with van der Waals surface area (Å²) in [5.41, 5.74) is 1.80. The molecule has 114 valence electrons. The maximum absolute atomic E-state index is 11.9. The Balaban J connectivity index is 0.00000176. The van der Waals surface area contributed by atoms with Gasteiger partial charge in [0, 0.05) is 10.8 Å². The molecule has 0 atom stereocenters. The van der Waals surface area contributed by atoms with Gasteiger partial charge in [-0.3, -0.25) is 4.79 Å². The molecular formula is C16H13Cl2NO3. The van der Waals surface area contributed by atoms with Crippen molar-refractivity contribution in [3.63, 3.8) is 0 Å². The van der Waals surface area contributed by atoms with Gasteiger partial charge in [0.1, 0.15) is 11.5 Å². The van der Waals surface area contributed by atoms with E-state index in [9.17, 15) is 4.79 Å². The third-order valence-corrected chi connectivity index (χ3v) is 3.57. The number of rotatable bonds is 3. The van der Waals surface area contributed by atoms with Crippen molar-refractivity contribution in [3.05, 3.63) is 42.0 Å². The molecule has 0 saturated carbocycles. The molecule has 0 aliphatic carbocycles. The number of aromatic nitrogens is 1. The van der Waals surface area contributed by atoms with Gasteiger partial charge in [-0.15, -0.1) is 12.4 Å². The zero-order chi connectivity index (χ0) is 15.0. The molecule has 1 aromatic heterocycles. The van der Waals surface area contributed by atoms with Gasteiger partial charge in [-0.25, -0.2) is 4.98 Å². The van der Waals surface area contributed by atoms with Gasteiger partial charge >= 0.3 is 0 Å². The molecule has 0 saturated heterocycles. The van der Waals surface area contributed by atoms with Gasteiger partial charge in [-0.2, -0.15) is 0 Å². The number of pyridine rings is 1. The molecule has 3 rings (SSSR count). The minimum Gasteiger partial charge on any atom is -0.497 e. The number of benzene rings is 2. The largest absolute Gasteiger partial charge is 0.497 e. The fourth-order valence-corrected chi connectivity index (χ4v) is 2.57. The first-order valence-electron chi connectivity index (χ1n) is 6.29. The van der Waals surface area contributed by atoms with Crippen LogP contribution in [0.1, 0.15) is 10.4 Å². The first kappa shape index (κ1) is 16.3. The van der Waals surface area contributed by atoms with Crippen molar-refractivity contribution >= 4 is 51.1 Å². The van der Waals surface area contributed by atoms with Gasteiger partial charge in [-0.1, -0.05) is 0 Å². The summed E-state index contributed by atoms with van der Waals surface area (Å²) in [6.07, 6.45) is 0. The number of methoxy groups -OCH3 is 2. The van der Waals surface area contributed by atoms with Crippen LogP contribution in [0.25, 0.3) is 21.8 Å². The van der Waals surface area contributed by atoms with Gasteiger partial charge in [0.05, 0.1) is 30.8 Å². The van der Waals surface area contributed by atoms with Crippen molar-refractivity contribution in [2.45, 2.75) is 0 Å². The Labute approximate surface area is 138 Å². The average molecular weight is 338 g/mol. The number of fused-ring (bicyclic) bond motifs is 2. The summed E-state index contributed by atoms with van der Waals surface area (Å²) in [7, 11) is 3.14. The van der Waals surface area contributed by atoms with Gasteiger partial charge in [0.15, 0.2) is 0 Å². The predicted octanol–water partition coefficient (Wildman–Crippen LogP) is 4.21. The molecule has 0 spiro atoms. The third kappa shape index (κ3) is 2.67. The first-order valence-corrected chi connectivity index (χ1v) is 6.67. The van der Waals surface area contributed by atoms with E-state index in [0.717, 1.165) is 0 Å². The Hall–Kier alpha value is -2.04. The van der Waals surface area contributed by atoms with Crippen LogP contribution < -0.4 is 9.47 Å². The molecule has 0 aliphatic heterocycles. The van der Waals surface area contributed by atoms with Crippen LogP contribution in [0.3, 0.4) is 0 Å². The van der Waals surface area contributed by atoms with Crippen molar-refractivity contribution < 1.29 is 14.3 Å². The van der Waals surface area contributed by atoms with Gasteiger partial charge in [0.2, 0.25) is 0 Å². The van der Waals surface area contributed by atoms with Crippen LogP contribution >= 0.6 is 24.0 Å². The molecule has 6 heteroatoms. The molecule has 0 N–H and O–H groups in total. The second-order valence-electron chi connectivity index (χ2n) is 4.53. The van der Waals surface area contributed by atoms with E-state index < -0.39 is 5.24 Å². The lowest BCUT2D eigenvalue weighted by atomic mass is 10.0. The fourth-order valence-electron chi connectivity index (χ4n) is 2.37. The molecule has 22 heavy (non-hydrogen) atoms. The topological polar surface area (TPSA) is 48.4 Å². The van der Waals surface area contributed by atoms with Crippen LogP contribution in [0, 0.1) is 0 Å². The lowest BCUT2D eigenvalue weighted by Gasteiger charge is -2.10. The highest BCUT2D eigenvalue weighted by atomic mass is 35.5. The smallest absolute Gasteiger partial charge is 0.253 e. The SMILES string of the molecule is COc1ccc2nc3ccc(OC)cc3c(C(=O)Cl)c2c1.Cl. The zero-order valence-corrected chi connectivity index (χ0v) is 13.5. The zero-order valence-electron chi connectivity index (χ0n) is 11.9. The monoisotopic (exact) mass is 337 g/mol. The van der Waals surface area contributed by atoms with E-state index in [4.69, 9.17) is 21.1 Å². The van der Waals surface area contributed by atoms with E-state index in [1.807, 2.05) is 0 Å². The predicted molar refractivity (Wildman–Crippen MR) is 89.8 cm³/mol. The molecule has 2 aromatic carbocycles. The summed E-state index contributed by atoms with van der Waals surface area (Å²) in [5, 5.41) is 0.791. The molecule has 3 aromatic rings. The summed E-state index contributed by atoms with van der Waals surface area (Å²) in [6.45, 7) is 0. The lowest BCUT2D eigenvalue weighted by Crippen LogP contribution is -1.97. The van der Waals surface area contributed by atoms with Crippen molar-refractivity contribution in [1.29, 1.82) is 0 Å². The molecule has 4 nitrogen and oxygen atoms in total. The number of halogens is 2. The van der Waals surface area contributed by atoms with E-state index >= 15 is 0 Å². The molecule has 0 amide bonds. The Morgan fingerprint density at radius 1 is 0.955 bits per heavy atom. The number of carbonyl (C=O) groups excluding carboxylic acids is 1. The summed E-state index contributed by atoms with van der Waals surface area (Å²) < 4.78 is 10.4. The molecule has 0 radical (unpaired) electrons. The maximum Gasteiger partial charge on any atom is 0.253 e. The molecule has 1 heterocycles. The van der Waals surface area contributed by atoms with E-state index in [0.29, 0.717) is 38.9 Å². The van der Waals surface area contributed by atoms with Crippen LogP contribution in [0.15, 0.2) is 36.4 Å². The minimum absolute atomic E-state index is 0. The van der Waals surface area contributed by atoms with Crippen LogP contribution in [-0.2, 0) is 0 Å². The third-order valence-electron chi connectivity index (χ3n) is 3.38. The van der Waals surface area contributed by atoms with Crippen LogP contribution in [0.2, 0.25) is 0 Å². The van der Waals surface area contributed by atoms with Gasteiger partial charge in [0.25, 0.3) is 5.24 Å². The Bertz CT molecular complexity index is 803. The summed E-state index contributed by atoms with van der Waals surface area (Å²) in [5.74, 6) is 1.29. The molecule has 0 fully saturated rings. The second kappa shape index (κ2) is 6.38. The summed E-state index contributed by atoms with van der Waals surface area (Å²) >= 11 is 5.80. The van der Waals surface area contributed by atoms with Crippen LogP contribution in [0.4, 0.5) is 0 Å². The highest BCUT2D eigenvalue weighted by Crippen LogP contribution is 2.31. The van der Waals surface area contributed by atoms with E-state index in [2.05, 4.69) is 4.98 Å². The van der Waals surface area contributed by atoms with E-state index in [-0.39, 0.29) is 12.4 Å². The quantitative estimate of drug-likeness (QED) is 0.530. The average Bonchev–Trinajstić information content (AvgIpc) is 2.51. The highest BCUT2D eigenvalue weighted by molar-refractivity contribution is 6.69. The van der Waals surface area contributed by atoms with Gasteiger partial charge in [-0.05, 0) is 48.0 Å². The first-order chi connectivity index (χ1) is 10.1. The molecule has 0 aliphatic rings. The number of nitrogens with zero attached hydrogens (tertiary/aromatic N) is 1. The number of carbonyl (C=O) groups is 1.